The van der Waals surface area contributed by atoms with Gasteiger partial charge in [0.05, 0.1) is 0 Å². The number of fused-ring (bicyclic) bond motifs is 4. The summed E-state index contributed by atoms with van der Waals surface area (Å²) in [6.07, 6.45) is 9.90. The Bertz CT molecular complexity index is 857. The Morgan fingerprint density at radius 3 is 2.41 bits per heavy atom. The highest BCUT2D eigenvalue weighted by Crippen LogP contribution is 2.61. The van der Waals surface area contributed by atoms with Crippen molar-refractivity contribution in [2.75, 3.05) is 13.1 Å². The zero-order valence-corrected chi connectivity index (χ0v) is 18.3. The van der Waals surface area contributed by atoms with Gasteiger partial charge in [-0.1, -0.05) is 6.07 Å². The molecule has 1 aromatic heterocycles. The molecule has 3 atom stereocenters. The molecule has 4 saturated carbocycles. The normalized spacial score (nSPS) is 40.4. The Kier molecular flexibility index (Phi) is 4.17. The van der Waals surface area contributed by atoms with E-state index in [1.54, 1.807) is 6.07 Å². The van der Waals surface area contributed by atoms with Crippen molar-refractivity contribution in [1.82, 2.24) is 14.8 Å². The Morgan fingerprint density at radius 2 is 1.72 bits per heavy atom. The minimum Gasteiger partial charge on any atom is -0.360 e. The monoisotopic (exact) mass is 411 g/mol. The molecule has 2 aliphatic heterocycles. The number of pyridine rings is 1. The highest BCUT2D eigenvalue weighted by Gasteiger charge is 2.53. The maximum atomic E-state index is 12.3. The summed E-state index contributed by atoms with van der Waals surface area (Å²) < 4.78 is 2.00. The van der Waals surface area contributed by atoms with Gasteiger partial charge in [-0.05, 0) is 99.2 Å². The number of aromatic nitrogens is 1. The van der Waals surface area contributed by atoms with E-state index in [0.717, 1.165) is 42.5 Å². The van der Waals surface area contributed by atoms with Crippen LogP contribution in [0.2, 0.25) is 0 Å². The van der Waals surface area contributed by atoms with Gasteiger partial charge in [0.2, 0.25) is 0 Å². The summed E-state index contributed by atoms with van der Waals surface area (Å²) in [5, 5.41) is 4.77. The molecule has 3 heterocycles. The van der Waals surface area contributed by atoms with Crippen LogP contribution in [-0.2, 0) is 6.54 Å². The van der Waals surface area contributed by atoms with Gasteiger partial charge in [-0.15, -0.1) is 0 Å². The maximum Gasteiger partial charge on any atom is 0.250 e. The summed E-state index contributed by atoms with van der Waals surface area (Å²) in [4.78, 5) is 14.7. The first-order valence-electron chi connectivity index (χ1n) is 11.7. The van der Waals surface area contributed by atoms with E-state index in [-0.39, 0.29) is 5.56 Å². The van der Waals surface area contributed by atoms with E-state index in [0.29, 0.717) is 23.3 Å². The molecule has 1 aromatic rings. The van der Waals surface area contributed by atoms with E-state index >= 15 is 0 Å². The van der Waals surface area contributed by atoms with Crippen molar-refractivity contribution in [1.29, 1.82) is 0 Å². The van der Waals surface area contributed by atoms with Gasteiger partial charge >= 0.3 is 0 Å². The number of piperidine rings is 1. The van der Waals surface area contributed by atoms with Crippen LogP contribution in [0.25, 0.3) is 0 Å². The molecule has 29 heavy (non-hydrogen) atoms. The summed E-state index contributed by atoms with van der Waals surface area (Å²) in [6.45, 7) is 5.17. The van der Waals surface area contributed by atoms with E-state index in [2.05, 4.69) is 23.2 Å². The zero-order chi connectivity index (χ0) is 19.8. The first-order valence-corrected chi connectivity index (χ1v) is 12.1. The lowest BCUT2D eigenvalue weighted by molar-refractivity contribution is -0.0676. The van der Waals surface area contributed by atoms with Crippen LogP contribution >= 0.6 is 12.2 Å². The van der Waals surface area contributed by atoms with Crippen molar-refractivity contribution in [2.24, 2.45) is 29.1 Å². The second-order valence-corrected chi connectivity index (χ2v) is 11.4. The Labute approximate surface area is 179 Å². The predicted molar refractivity (Wildman–Crippen MR) is 119 cm³/mol. The van der Waals surface area contributed by atoms with E-state index in [9.17, 15) is 4.79 Å². The molecule has 156 valence electrons. The molecule has 1 saturated heterocycles. The van der Waals surface area contributed by atoms with Crippen LogP contribution < -0.4 is 10.9 Å². The molecule has 7 rings (SSSR count). The number of likely N-dealkylation sites (tertiary alicyclic amines) is 1. The molecule has 4 aliphatic carbocycles. The summed E-state index contributed by atoms with van der Waals surface area (Å²) in [5.41, 5.74) is 1.84. The number of thiocarbonyl (C=S) groups is 1. The van der Waals surface area contributed by atoms with Gasteiger partial charge in [-0.3, -0.25) is 4.79 Å². The van der Waals surface area contributed by atoms with E-state index < -0.39 is 0 Å². The molecule has 5 fully saturated rings. The predicted octanol–water partition coefficient (Wildman–Crippen LogP) is 3.75. The molecule has 0 amide bonds. The van der Waals surface area contributed by atoms with Gasteiger partial charge < -0.3 is 14.8 Å². The van der Waals surface area contributed by atoms with Crippen molar-refractivity contribution in [3.05, 3.63) is 34.2 Å². The largest absolute Gasteiger partial charge is 0.360 e. The highest BCUT2D eigenvalue weighted by molar-refractivity contribution is 7.80. The van der Waals surface area contributed by atoms with Gasteiger partial charge in [-0.2, -0.15) is 0 Å². The lowest BCUT2D eigenvalue weighted by Gasteiger charge is -2.59. The maximum absolute atomic E-state index is 12.3. The third-order valence-corrected chi connectivity index (χ3v) is 9.49. The van der Waals surface area contributed by atoms with Gasteiger partial charge in [0.15, 0.2) is 5.11 Å². The van der Waals surface area contributed by atoms with Crippen LogP contribution in [0.15, 0.2) is 23.0 Å². The van der Waals surface area contributed by atoms with Crippen LogP contribution in [0.3, 0.4) is 0 Å². The van der Waals surface area contributed by atoms with Crippen LogP contribution in [0.5, 0.6) is 0 Å². The minimum absolute atomic E-state index is 0.154. The molecule has 0 spiro atoms. The average molecular weight is 412 g/mol. The van der Waals surface area contributed by atoms with Gasteiger partial charge in [0.25, 0.3) is 5.56 Å². The lowest BCUT2D eigenvalue weighted by Crippen LogP contribution is -2.59. The number of nitrogens with one attached hydrogen (secondary N) is 1. The Hall–Kier alpha value is -1.36. The van der Waals surface area contributed by atoms with Crippen LogP contribution in [0, 0.1) is 29.1 Å². The first-order chi connectivity index (χ1) is 14.0. The van der Waals surface area contributed by atoms with E-state index in [1.807, 2.05) is 10.6 Å². The quantitative estimate of drug-likeness (QED) is 0.752. The van der Waals surface area contributed by atoms with Crippen molar-refractivity contribution < 1.29 is 0 Å². The van der Waals surface area contributed by atoms with Crippen LogP contribution in [-0.4, -0.2) is 33.7 Å². The fourth-order valence-corrected chi connectivity index (χ4v) is 8.53. The van der Waals surface area contributed by atoms with Crippen LogP contribution in [0.4, 0.5) is 0 Å². The van der Waals surface area contributed by atoms with Crippen molar-refractivity contribution in [3.8, 4) is 0 Å². The lowest BCUT2D eigenvalue weighted by atomic mass is 9.48. The molecule has 1 N–H and O–H groups in total. The number of hydrogen-bond donors (Lipinski definition) is 1. The third-order valence-electron chi connectivity index (χ3n) is 9.11. The molecular weight excluding hydrogens is 378 g/mol. The highest BCUT2D eigenvalue weighted by atomic mass is 32.1. The summed E-state index contributed by atoms with van der Waals surface area (Å²) in [7, 11) is 0. The fourth-order valence-electron chi connectivity index (χ4n) is 8.20. The average Bonchev–Trinajstić information content (AvgIpc) is 2.67. The molecule has 3 unspecified atom stereocenters. The summed E-state index contributed by atoms with van der Waals surface area (Å²) in [5.74, 6) is 3.87. The zero-order valence-electron chi connectivity index (χ0n) is 17.5. The molecule has 4 nitrogen and oxygen atoms in total. The Morgan fingerprint density at radius 1 is 1.03 bits per heavy atom. The Balaban J connectivity index is 1.17. The molecule has 0 radical (unpaired) electrons. The second kappa shape index (κ2) is 6.57. The second-order valence-electron chi connectivity index (χ2n) is 11.1. The summed E-state index contributed by atoms with van der Waals surface area (Å²) >= 11 is 5.95. The molecular formula is C24H33N3OS. The van der Waals surface area contributed by atoms with Gasteiger partial charge in [0, 0.05) is 43.4 Å². The van der Waals surface area contributed by atoms with Gasteiger partial charge in [-0.25, -0.2) is 0 Å². The molecule has 6 bridgehead atoms. The fraction of sp³-hybridized carbons (Fsp3) is 0.750. The number of nitrogens with zero attached hydrogens (tertiary/aromatic N) is 2. The molecule has 6 aliphatic rings. The standard InChI is InChI=1S/C24H33N3OS/c1-15(24-9-16-5-17(10-24)7-18(6-16)11-24)25-23(29)26-12-19-8-20(14-26)21-3-2-4-22(28)27(21)13-19/h2-4,15-20H,5-14H2,1H3,(H,25,29). The van der Waals surface area contributed by atoms with Crippen molar-refractivity contribution >= 4 is 17.3 Å². The first kappa shape index (κ1) is 18.4. The smallest absolute Gasteiger partial charge is 0.250 e. The van der Waals surface area contributed by atoms with E-state index in [4.69, 9.17) is 12.2 Å². The van der Waals surface area contributed by atoms with Crippen molar-refractivity contribution in [2.45, 2.75) is 70.4 Å². The van der Waals surface area contributed by atoms with Crippen molar-refractivity contribution in [3.63, 3.8) is 0 Å². The molecule has 0 aromatic carbocycles. The molecule has 5 heteroatoms. The van der Waals surface area contributed by atoms with E-state index in [1.165, 1.54) is 50.6 Å². The third kappa shape index (κ3) is 2.98. The SMILES string of the molecule is CC(NC(=S)N1CC2CC(C1)c1cccc(=O)n1C2)C12CC3CC(CC(C3)C1)C2. The minimum atomic E-state index is 0.154. The van der Waals surface area contributed by atoms with Crippen LogP contribution in [0.1, 0.15) is 63.5 Å². The topological polar surface area (TPSA) is 37.3 Å². The number of rotatable bonds is 2. The number of hydrogen-bond acceptors (Lipinski definition) is 2. The van der Waals surface area contributed by atoms with Gasteiger partial charge in [0.1, 0.15) is 0 Å². The summed E-state index contributed by atoms with van der Waals surface area (Å²) in [6, 6.07) is 6.22.